The fourth-order valence-electron chi connectivity index (χ4n) is 2.18. The van der Waals surface area contributed by atoms with Crippen LogP contribution in [0.1, 0.15) is 38.8 Å². The zero-order chi connectivity index (χ0) is 14.3. The molecule has 5 heteroatoms. The van der Waals surface area contributed by atoms with Gasteiger partial charge in [-0.2, -0.15) is 5.10 Å². The lowest BCUT2D eigenvalue weighted by Gasteiger charge is -2.19. The van der Waals surface area contributed by atoms with Gasteiger partial charge in [0.1, 0.15) is 0 Å². The van der Waals surface area contributed by atoms with E-state index in [0.29, 0.717) is 31.3 Å². The molecule has 0 aliphatic carbocycles. The van der Waals surface area contributed by atoms with Gasteiger partial charge >= 0.3 is 0 Å². The number of hydrogen-bond donors (Lipinski definition) is 2. The van der Waals surface area contributed by atoms with Gasteiger partial charge in [-0.1, -0.05) is 13.8 Å². The van der Waals surface area contributed by atoms with Crippen molar-refractivity contribution in [1.29, 1.82) is 0 Å². The highest BCUT2D eigenvalue weighted by atomic mass is 16.1. The number of rotatable bonds is 8. The van der Waals surface area contributed by atoms with Crippen LogP contribution in [0.25, 0.3) is 0 Å². The van der Waals surface area contributed by atoms with Crippen molar-refractivity contribution in [2.45, 2.75) is 39.7 Å². The Hall–Kier alpha value is -1.36. The predicted octanol–water partition coefficient (Wildman–Crippen LogP) is 1.44. The van der Waals surface area contributed by atoms with Gasteiger partial charge in [0.05, 0.1) is 12.2 Å². The van der Waals surface area contributed by atoms with Gasteiger partial charge in [-0.05, 0) is 37.3 Å². The molecule has 1 atom stereocenters. The molecule has 0 aromatic carbocycles. The molecule has 0 saturated heterocycles. The molecule has 5 nitrogen and oxygen atoms in total. The topological polar surface area (TPSA) is 72.9 Å². The number of nitrogens with one attached hydrogen (secondary N) is 1. The summed E-state index contributed by atoms with van der Waals surface area (Å²) in [6.45, 7) is 5.57. The van der Waals surface area contributed by atoms with E-state index in [1.165, 1.54) is 0 Å². The van der Waals surface area contributed by atoms with E-state index in [2.05, 4.69) is 24.3 Å². The Kier molecular flexibility index (Phi) is 6.56. The van der Waals surface area contributed by atoms with E-state index in [9.17, 15) is 4.79 Å². The highest BCUT2D eigenvalue weighted by Gasteiger charge is 2.14. The van der Waals surface area contributed by atoms with E-state index < -0.39 is 0 Å². The van der Waals surface area contributed by atoms with E-state index in [-0.39, 0.29) is 5.91 Å². The van der Waals surface area contributed by atoms with Gasteiger partial charge in [0, 0.05) is 19.7 Å². The van der Waals surface area contributed by atoms with Crippen molar-refractivity contribution in [3.05, 3.63) is 18.0 Å². The Labute approximate surface area is 115 Å². The van der Waals surface area contributed by atoms with Crippen LogP contribution >= 0.6 is 0 Å². The average Bonchev–Trinajstić information content (AvgIpc) is 2.77. The van der Waals surface area contributed by atoms with Gasteiger partial charge in [-0.3, -0.25) is 9.48 Å². The molecule has 0 spiro atoms. The molecule has 1 unspecified atom stereocenters. The summed E-state index contributed by atoms with van der Waals surface area (Å²) >= 11 is 0. The van der Waals surface area contributed by atoms with Crippen LogP contribution in [0.2, 0.25) is 0 Å². The van der Waals surface area contributed by atoms with E-state index in [1.54, 1.807) is 4.68 Å². The Morgan fingerprint density at radius 2 is 2.21 bits per heavy atom. The predicted molar refractivity (Wildman–Crippen MR) is 76.3 cm³/mol. The molecule has 0 aliphatic heterocycles. The van der Waals surface area contributed by atoms with Gasteiger partial charge in [0.25, 0.3) is 0 Å². The second kappa shape index (κ2) is 7.94. The van der Waals surface area contributed by atoms with Crippen molar-refractivity contribution in [1.82, 2.24) is 15.1 Å². The SMILES string of the molecule is CC(C)C(CCN)CCC(=O)NCc1ccn(C)n1. The number of hydrogen-bond acceptors (Lipinski definition) is 3. The summed E-state index contributed by atoms with van der Waals surface area (Å²) in [5.41, 5.74) is 6.49. The maximum atomic E-state index is 11.8. The first-order valence-corrected chi connectivity index (χ1v) is 6.98. The van der Waals surface area contributed by atoms with Crippen LogP contribution in [0.5, 0.6) is 0 Å². The molecule has 3 N–H and O–H groups in total. The molecular formula is C14H26N4O. The summed E-state index contributed by atoms with van der Waals surface area (Å²) in [4.78, 5) is 11.8. The number of nitrogens with zero attached hydrogens (tertiary/aromatic N) is 2. The molecule has 0 bridgehead atoms. The van der Waals surface area contributed by atoms with Crippen LogP contribution in [-0.4, -0.2) is 22.2 Å². The second-order valence-electron chi connectivity index (χ2n) is 5.38. The number of aryl methyl sites for hydroxylation is 1. The van der Waals surface area contributed by atoms with Crippen molar-refractivity contribution < 1.29 is 4.79 Å². The zero-order valence-corrected chi connectivity index (χ0v) is 12.2. The summed E-state index contributed by atoms with van der Waals surface area (Å²) in [5, 5.41) is 7.12. The number of carbonyl (C=O) groups is 1. The standard InChI is InChI=1S/C14H26N4O/c1-11(2)12(6-8-15)4-5-14(19)16-10-13-7-9-18(3)17-13/h7,9,11-12H,4-6,8,10,15H2,1-3H3,(H,16,19). The van der Waals surface area contributed by atoms with Crippen LogP contribution in [0.4, 0.5) is 0 Å². The van der Waals surface area contributed by atoms with Crippen LogP contribution in [0.3, 0.4) is 0 Å². The monoisotopic (exact) mass is 266 g/mol. The first-order valence-electron chi connectivity index (χ1n) is 6.98. The minimum Gasteiger partial charge on any atom is -0.350 e. The third kappa shape index (κ3) is 5.87. The summed E-state index contributed by atoms with van der Waals surface area (Å²) < 4.78 is 1.73. The van der Waals surface area contributed by atoms with Gasteiger partial charge in [0.2, 0.25) is 5.91 Å². The second-order valence-corrected chi connectivity index (χ2v) is 5.38. The number of carbonyl (C=O) groups excluding carboxylic acids is 1. The summed E-state index contributed by atoms with van der Waals surface area (Å²) in [7, 11) is 1.87. The van der Waals surface area contributed by atoms with Crippen molar-refractivity contribution in [3.63, 3.8) is 0 Å². The Morgan fingerprint density at radius 3 is 2.74 bits per heavy atom. The van der Waals surface area contributed by atoms with E-state index >= 15 is 0 Å². The third-order valence-corrected chi connectivity index (χ3v) is 3.46. The Bertz CT molecular complexity index is 387. The molecule has 0 aliphatic rings. The zero-order valence-electron chi connectivity index (χ0n) is 12.2. The number of nitrogens with two attached hydrogens (primary N) is 1. The van der Waals surface area contributed by atoms with Gasteiger partial charge in [-0.25, -0.2) is 0 Å². The van der Waals surface area contributed by atoms with Crippen LogP contribution in [0.15, 0.2) is 12.3 Å². The quantitative estimate of drug-likeness (QED) is 0.747. The lowest BCUT2D eigenvalue weighted by atomic mass is 9.88. The molecular weight excluding hydrogens is 240 g/mol. The Balaban J connectivity index is 2.27. The minimum atomic E-state index is 0.0910. The lowest BCUT2D eigenvalue weighted by Crippen LogP contribution is -2.24. The van der Waals surface area contributed by atoms with Crippen molar-refractivity contribution >= 4 is 5.91 Å². The third-order valence-electron chi connectivity index (χ3n) is 3.46. The van der Waals surface area contributed by atoms with Gasteiger partial charge in [-0.15, -0.1) is 0 Å². The summed E-state index contributed by atoms with van der Waals surface area (Å²) in [5.74, 6) is 1.20. The maximum Gasteiger partial charge on any atom is 0.220 e. The maximum absolute atomic E-state index is 11.8. The van der Waals surface area contributed by atoms with Gasteiger partial charge < -0.3 is 11.1 Å². The van der Waals surface area contributed by atoms with E-state index in [0.717, 1.165) is 18.5 Å². The first kappa shape index (κ1) is 15.7. The highest BCUT2D eigenvalue weighted by Crippen LogP contribution is 2.20. The number of aromatic nitrogens is 2. The normalized spacial score (nSPS) is 12.7. The molecule has 1 rings (SSSR count). The van der Waals surface area contributed by atoms with E-state index in [4.69, 9.17) is 5.73 Å². The molecule has 0 radical (unpaired) electrons. The molecule has 1 amide bonds. The highest BCUT2D eigenvalue weighted by molar-refractivity contribution is 5.75. The Morgan fingerprint density at radius 1 is 1.47 bits per heavy atom. The summed E-state index contributed by atoms with van der Waals surface area (Å²) in [6, 6.07) is 1.91. The fourth-order valence-corrected chi connectivity index (χ4v) is 2.18. The smallest absolute Gasteiger partial charge is 0.220 e. The van der Waals surface area contributed by atoms with E-state index in [1.807, 2.05) is 19.3 Å². The number of amides is 1. The molecule has 1 aromatic heterocycles. The molecule has 19 heavy (non-hydrogen) atoms. The van der Waals surface area contributed by atoms with Gasteiger partial charge in [0.15, 0.2) is 0 Å². The average molecular weight is 266 g/mol. The van der Waals surface area contributed by atoms with Crippen LogP contribution in [-0.2, 0) is 18.4 Å². The first-order chi connectivity index (χ1) is 9.02. The molecule has 1 aromatic rings. The van der Waals surface area contributed by atoms with Crippen molar-refractivity contribution in [2.24, 2.45) is 24.6 Å². The molecule has 108 valence electrons. The van der Waals surface area contributed by atoms with Crippen LogP contribution < -0.4 is 11.1 Å². The molecule has 0 saturated carbocycles. The largest absolute Gasteiger partial charge is 0.350 e. The lowest BCUT2D eigenvalue weighted by molar-refractivity contribution is -0.121. The molecule has 0 fully saturated rings. The molecule has 1 heterocycles. The van der Waals surface area contributed by atoms with Crippen molar-refractivity contribution in [3.8, 4) is 0 Å². The summed E-state index contributed by atoms with van der Waals surface area (Å²) in [6.07, 6.45) is 4.33. The van der Waals surface area contributed by atoms with Crippen LogP contribution in [0, 0.1) is 11.8 Å². The fraction of sp³-hybridized carbons (Fsp3) is 0.714. The minimum absolute atomic E-state index is 0.0910. The van der Waals surface area contributed by atoms with Crippen molar-refractivity contribution in [2.75, 3.05) is 6.54 Å².